The fourth-order valence-corrected chi connectivity index (χ4v) is 3.06. The molecular formula is C19H23N7O. The molecule has 0 aliphatic carbocycles. The summed E-state index contributed by atoms with van der Waals surface area (Å²) < 4.78 is 5.57. The average molecular weight is 365 g/mol. The third-order valence-corrected chi connectivity index (χ3v) is 4.56. The lowest BCUT2D eigenvalue weighted by molar-refractivity contribution is 0.0529. The number of benzene rings is 1. The van der Waals surface area contributed by atoms with E-state index in [0.717, 1.165) is 24.5 Å². The molecule has 0 saturated carbocycles. The maximum absolute atomic E-state index is 8.59. The van der Waals surface area contributed by atoms with Gasteiger partial charge < -0.3 is 26.2 Å². The predicted octanol–water partition coefficient (Wildman–Crippen LogP) is 2.08. The molecule has 8 heteroatoms. The van der Waals surface area contributed by atoms with Crippen LogP contribution in [0.25, 0.3) is 0 Å². The van der Waals surface area contributed by atoms with Gasteiger partial charge in [0, 0.05) is 42.8 Å². The lowest BCUT2D eigenvalue weighted by Gasteiger charge is -2.32. The van der Waals surface area contributed by atoms with E-state index in [4.69, 9.17) is 26.7 Å². The summed E-state index contributed by atoms with van der Waals surface area (Å²) in [6.07, 6.45) is 3.96. The van der Waals surface area contributed by atoms with E-state index in [0.29, 0.717) is 23.6 Å². The Kier molecular flexibility index (Phi) is 5.56. The van der Waals surface area contributed by atoms with Crippen LogP contribution in [-0.4, -0.2) is 53.9 Å². The summed E-state index contributed by atoms with van der Waals surface area (Å²) in [5.41, 5.74) is 8.47. The second-order valence-corrected chi connectivity index (χ2v) is 6.47. The van der Waals surface area contributed by atoms with Crippen LogP contribution in [-0.2, 0) is 4.74 Å². The summed E-state index contributed by atoms with van der Waals surface area (Å²) in [4.78, 5) is 10.7. The summed E-state index contributed by atoms with van der Waals surface area (Å²) in [7, 11) is 0. The van der Waals surface area contributed by atoms with Gasteiger partial charge in [0.05, 0.1) is 30.0 Å². The molecule has 0 spiro atoms. The van der Waals surface area contributed by atoms with Crippen molar-refractivity contribution in [1.29, 1.82) is 16.2 Å². The van der Waals surface area contributed by atoms with Crippen molar-refractivity contribution in [2.24, 2.45) is 0 Å². The topological polar surface area (TPSA) is 136 Å². The minimum atomic E-state index is -0.437. The normalized spacial score (nSPS) is 18.0. The lowest BCUT2D eigenvalue weighted by Crippen LogP contribution is -2.41. The van der Waals surface area contributed by atoms with Gasteiger partial charge >= 0.3 is 0 Å². The van der Waals surface area contributed by atoms with Gasteiger partial charge in [0.25, 0.3) is 0 Å². The molecule has 5 N–H and O–H groups in total. The third-order valence-electron chi connectivity index (χ3n) is 4.56. The maximum atomic E-state index is 8.59. The van der Waals surface area contributed by atoms with Crippen LogP contribution in [0.5, 0.6) is 0 Å². The molecule has 0 radical (unpaired) electrons. The van der Waals surface area contributed by atoms with E-state index in [-0.39, 0.29) is 11.8 Å². The Morgan fingerprint density at radius 1 is 1.30 bits per heavy atom. The molecule has 1 atom stereocenters. The van der Waals surface area contributed by atoms with E-state index in [1.54, 1.807) is 24.3 Å². The number of hydrogen-bond donors (Lipinski definition) is 4. The highest BCUT2D eigenvalue weighted by Crippen LogP contribution is 2.23. The highest BCUT2D eigenvalue weighted by molar-refractivity contribution is 6.13. The van der Waals surface area contributed by atoms with Crippen LogP contribution in [0, 0.1) is 16.2 Å². The molecule has 1 fully saturated rings. The van der Waals surface area contributed by atoms with Gasteiger partial charge in [-0.05, 0) is 24.6 Å². The largest absolute Gasteiger partial charge is 0.398 e. The first-order valence-electron chi connectivity index (χ1n) is 8.72. The second-order valence-electron chi connectivity index (χ2n) is 6.47. The number of nitrogen functional groups attached to an aromatic ring is 1. The van der Waals surface area contributed by atoms with E-state index < -0.39 is 5.92 Å². The third kappa shape index (κ3) is 4.01. The smallest absolute Gasteiger partial charge is 0.132 e. The molecule has 140 valence electrons. The van der Waals surface area contributed by atoms with Gasteiger partial charge in [-0.25, -0.2) is 9.97 Å². The average Bonchev–Trinajstić information content (AvgIpc) is 2.69. The molecule has 1 saturated heterocycles. The van der Waals surface area contributed by atoms with Crippen molar-refractivity contribution in [2.75, 3.05) is 30.3 Å². The Morgan fingerprint density at radius 3 is 2.78 bits per heavy atom. The van der Waals surface area contributed by atoms with Gasteiger partial charge in [-0.15, -0.1) is 0 Å². The SMILES string of the molecule is CC1CN(c2cc(C(=N)c3cc(C(C=N)C=N)ccc3N)ncn2)CCO1. The van der Waals surface area contributed by atoms with Crippen LogP contribution in [0.15, 0.2) is 30.6 Å². The monoisotopic (exact) mass is 365 g/mol. The van der Waals surface area contributed by atoms with E-state index in [9.17, 15) is 0 Å². The first-order chi connectivity index (χ1) is 13.0. The number of rotatable bonds is 6. The van der Waals surface area contributed by atoms with Crippen LogP contribution in [0.2, 0.25) is 0 Å². The van der Waals surface area contributed by atoms with Crippen molar-refractivity contribution in [1.82, 2.24) is 9.97 Å². The number of ether oxygens (including phenoxy) is 1. The highest BCUT2D eigenvalue weighted by atomic mass is 16.5. The summed E-state index contributed by atoms with van der Waals surface area (Å²) in [5, 5.41) is 23.5. The number of nitrogens with zero attached hydrogens (tertiary/aromatic N) is 3. The van der Waals surface area contributed by atoms with Crippen LogP contribution in [0.3, 0.4) is 0 Å². The Hall–Kier alpha value is -3.13. The Bertz CT molecular complexity index is 859. The van der Waals surface area contributed by atoms with Gasteiger partial charge in [-0.2, -0.15) is 0 Å². The molecular weight excluding hydrogens is 342 g/mol. The maximum Gasteiger partial charge on any atom is 0.132 e. The molecule has 3 rings (SSSR count). The van der Waals surface area contributed by atoms with Crippen LogP contribution in [0.4, 0.5) is 11.5 Å². The molecule has 2 aromatic rings. The molecule has 27 heavy (non-hydrogen) atoms. The zero-order valence-corrected chi connectivity index (χ0v) is 15.1. The number of aromatic nitrogens is 2. The number of hydrogen-bond acceptors (Lipinski definition) is 8. The zero-order valence-electron chi connectivity index (χ0n) is 15.1. The second kappa shape index (κ2) is 8.05. The van der Waals surface area contributed by atoms with E-state index in [2.05, 4.69) is 14.9 Å². The summed E-state index contributed by atoms with van der Waals surface area (Å²) in [6, 6.07) is 7.01. The number of nitrogens with two attached hydrogens (primary N) is 1. The lowest BCUT2D eigenvalue weighted by atomic mass is 9.95. The van der Waals surface area contributed by atoms with Gasteiger partial charge in [-0.3, -0.25) is 5.41 Å². The van der Waals surface area contributed by atoms with Crippen LogP contribution < -0.4 is 10.6 Å². The van der Waals surface area contributed by atoms with Crippen molar-refractivity contribution in [2.45, 2.75) is 18.9 Å². The molecule has 2 heterocycles. The molecule has 1 aromatic heterocycles. The summed E-state index contributed by atoms with van der Waals surface area (Å²) in [6.45, 7) is 4.14. The van der Waals surface area contributed by atoms with Crippen molar-refractivity contribution in [3.63, 3.8) is 0 Å². The zero-order chi connectivity index (χ0) is 19.4. The molecule has 1 aliphatic heterocycles. The predicted molar refractivity (Wildman–Crippen MR) is 107 cm³/mol. The Labute approximate surface area is 157 Å². The summed E-state index contributed by atoms with van der Waals surface area (Å²) >= 11 is 0. The van der Waals surface area contributed by atoms with Crippen LogP contribution in [0.1, 0.15) is 29.7 Å². The van der Waals surface area contributed by atoms with Gasteiger partial charge in [0.15, 0.2) is 0 Å². The van der Waals surface area contributed by atoms with Crippen molar-refractivity contribution in [3.8, 4) is 0 Å². The molecule has 1 aromatic carbocycles. The Morgan fingerprint density at radius 2 is 2.07 bits per heavy atom. The highest BCUT2D eigenvalue weighted by Gasteiger charge is 2.20. The van der Waals surface area contributed by atoms with Crippen molar-refractivity contribution >= 4 is 29.6 Å². The summed E-state index contributed by atoms with van der Waals surface area (Å²) in [5.74, 6) is 0.319. The fraction of sp³-hybridized carbons (Fsp3) is 0.316. The molecule has 1 aliphatic rings. The van der Waals surface area contributed by atoms with Gasteiger partial charge in [0.2, 0.25) is 0 Å². The fourth-order valence-electron chi connectivity index (χ4n) is 3.06. The van der Waals surface area contributed by atoms with E-state index in [1.807, 2.05) is 6.92 Å². The minimum Gasteiger partial charge on any atom is -0.398 e. The molecule has 1 unspecified atom stereocenters. The van der Waals surface area contributed by atoms with Gasteiger partial charge in [0.1, 0.15) is 12.1 Å². The van der Waals surface area contributed by atoms with Crippen LogP contribution >= 0.6 is 0 Å². The van der Waals surface area contributed by atoms with E-state index >= 15 is 0 Å². The number of nitrogens with one attached hydrogen (secondary N) is 3. The molecule has 8 nitrogen and oxygen atoms in total. The van der Waals surface area contributed by atoms with E-state index in [1.165, 1.54) is 18.8 Å². The van der Waals surface area contributed by atoms with Crippen molar-refractivity contribution < 1.29 is 4.74 Å². The minimum absolute atomic E-state index is 0.128. The molecule has 0 bridgehead atoms. The van der Waals surface area contributed by atoms with Gasteiger partial charge in [-0.1, -0.05) is 6.07 Å². The first kappa shape index (κ1) is 18.7. The quantitative estimate of drug-likeness (QED) is 0.459. The standard InChI is InChI=1S/C19H23N7O/c1-12-10-26(4-5-27-12)18-7-17(24-11-25-18)19(23)15-6-13(2-3-16(15)22)14(8-20)9-21/h2-3,6-9,11-12,14,20-21,23H,4-5,10,22H2,1H3. The molecule has 0 amide bonds. The first-order valence-corrected chi connectivity index (χ1v) is 8.72. The number of morpholine rings is 1. The Balaban J connectivity index is 1.92. The van der Waals surface area contributed by atoms with Crippen molar-refractivity contribution in [3.05, 3.63) is 47.4 Å². The number of anilines is 2.